The van der Waals surface area contributed by atoms with Gasteiger partial charge in [0.05, 0.1) is 0 Å². The van der Waals surface area contributed by atoms with Gasteiger partial charge in [-0.3, -0.25) is 4.79 Å². The lowest BCUT2D eigenvalue weighted by Gasteiger charge is -2.11. The molecule has 0 radical (unpaired) electrons. The van der Waals surface area contributed by atoms with E-state index in [0.29, 0.717) is 11.4 Å². The van der Waals surface area contributed by atoms with Crippen LogP contribution in [-0.2, 0) is 11.3 Å². The monoisotopic (exact) mass is 351 g/mol. The summed E-state index contributed by atoms with van der Waals surface area (Å²) in [6, 6.07) is 10.2. The number of hydrogen-bond donors (Lipinski definition) is 3. The van der Waals surface area contributed by atoms with E-state index in [4.69, 9.17) is 11.6 Å². The van der Waals surface area contributed by atoms with E-state index in [1.165, 1.54) is 6.07 Å². The van der Waals surface area contributed by atoms with Gasteiger partial charge in [-0.2, -0.15) is 0 Å². The molecule has 2 atom stereocenters. The average Bonchev–Trinajstić information content (AvgIpc) is 3.04. The minimum absolute atomic E-state index is 0.00492. The van der Waals surface area contributed by atoms with Crippen LogP contribution >= 0.6 is 11.6 Å². The molecule has 1 amide bonds. The minimum atomic E-state index is -0.676. The molecule has 7 heteroatoms. The zero-order chi connectivity index (χ0) is 17.1. The van der Waals surface area contributed by atoms with E-state index < -0.39 is 17.7 Å². The maximum Gasteiger partial charge on any atom is 0.238 e. The first-order valence-electron chi connectivity index (χ1n) is 7.51. The molecule has 1 saturated heterocycles. The summed E-state index contributed by atoms with van der Waals surface area (Å²) in [7, 11) is 0. The van der Waals surface area contributed by atoms with Crippen molar-refractivity contribution in [2.24, 2.45) is 0 Å². The molecule has 1 aliphatic heterocycles. The Hall–Kier alpha value is -2.02. The molecular weight excluding hydrogens is 336 g/mol. The molecule has 126 valence electrons. The van der Waals surface area contributed by atoms with Crippen LogP contribution in [0.25, 0.3) is 0 Å². The third-order valence-corrected chi connectivity index (χ3v) is 4.17. The highest BCUT2D eigenvalue weighted by atomic mass is 35.5. The molecule has 0 spiro atoms. The number of carbonyl (C=O) groups is 1. The summed E-state index contributed by atoms with van der Waals surface area (Å²) in [6.45, 7) is 0.00492. The van der Waals surface area contributed by atoms with E-state index in [1.54, 1.807) is 6.07 Å². The molecule has 2 aromatic rings. The van der Waals surface area contributed by atoms with Crippen LogP contribution in [0.1, 0.15) is 23.6 Å². The predicted octanol–water partition coefficient (Wildman–Crippen LogP) is 2.84. The number of carbonyl (C=O) groups excluding carboxylic acids is 1. The number of rotatable bonds is 4. The van der Waals surface area contributed by atoms with E-state index >= 15 is 0 Å². The lowest BCUT2D eigenvalue weighted by atomic mass is 10.0. The summed E-state index contributed by atoms with van der Waals surface area (Å²) in [5, 5.41) is 3.29. The van der Waals surface area contributed by atoms with E-state index in [-0.39, 0.29) is 24.1 Å². The van der Waals surface area contributed by atoms with Gasteiger partial charge in [-0.25, -0.2) is 19.6 Å². The third-order valence-electron chi connectivity index (χ3n) is 3.94. The molecule has 1 aliphatic rings. The van der Waals surface area contributed by atoms with Crippen molar-refractivity contribution < 1.29 is 13.6 Å². The average molecular weight is 352 g/mol. The first-order valence-corrected chi connectivity index (χ1v) is 7.89. The van der Waals surface area contributed by atoms with E-state index in [2.05, 4.69) is 16.2 Å². The molecule has 4 nitrogen and oxygen atoms in total. The summed E-state index contributed by atoms with van der Waals surface area (Å²) in [6.07, 6.45) is 0.540. The minimum Gasteiger partial charge on any atom is -0.351 e. The molecule has 3 rings (SSSR count). The molecule has 1 fully saturated rings. The van der Waals surface area contributed by atoms with Gasteiger partial charge in [-0.1, -0.05) is 29.8 Å². The first kappa shape index (κ1) is 16.8. The summed E-state index contributed by atoms with van der Waals surface area (Å²) < 4.78 is 26.4. The van der Waals surface area contributed by atoms with Gasteiger partial charge in [-0.05, 0) is 30.2 Å². The lowest BCUT2D eigenvalue weighted by molar-refractivity contribution is -0.123. The molecule has 2 aromatic carbocycles. The van der Waals surface area contributed by atoms with Gasteiger partial charge in [0.15, 0.2) is 0 Å². The number of benzene rings is 2. The maximum atomic E-state index is 13.6. The van der Waals surface area contributed by atoms with Crippen LogP contribution in [0.4, 0.5) is 8.78 Å². The highest BCUT2D eigenvalue weighted by Crippen LogP contribution is 2.24. The Morgan fingerprint density at radius 3 is 2.79 bits per heavy atom. The van der Waals surface area contributed by atoms with Crippen molar-refractivity contribution in [3.63, 3.8) is 0 Å². The highest BCUT2D eigenvalue weighted by Gasteiger charge is 2.30. The number of hydrogen-bond acceptors (Lipinski definition) is 3. The molecule has 0 bridgehead atoms. The normalized spacial score (nSPS) is 20.1. The topological polar surface area (TPSA) is 53.2 Å². The van der Waals surface area contributed by atoms with Gasteiger partial charge in [0, 0.05) is 29.2 Å². The van der Waals surface area contributed by atoms with Crippen molar-refractivity contribution in [2.75, 3.05) is 0 Å². The van der Waals surface area contributed by atoms with Gasteiger partial charge in [0.1, 0.15) is 17.7 Å². The Morgan fingerprint density at radius 2 is 2.04 bits per heavy atom. The molecule has 1 heterocycles. The number of amides is 1. The van der Waals surface area contributed by atoms with Crippen molar-refractivity contribution in [2.45, 2.75) is 25.0 Å². The smallest absolute Gasteiger partial charge is 0.238 e. The number of halogens is 3. The van der Waals surface area contributed by atoms with Gasteiger partial charge < -0.3 is 5.32 Å². The second-order valence-corrected chi connectivity index (χ2v) is 6.07. The van der Waals surface area contributed by atoms with Crippen molar-refractivity contribution >= 4 is 17.5 Å². The number of nitrogens with one attached hydrogen (secondary N) is 3. The Bertz CT molecular complexity index is 756. The van der Waals surface area contributed by atoms with Crippen molar-refractivity contribution in [3.8, 4) is 0 Å². The van der Waals surface area contributed by atoms with Gasteiger partial charge >= 0.3 is 0 Å². The van der Waals surface area contributed by atoms with Crippen LogP contribution < -0.4 is 16.2 Å². The highest BCUT2D eigenvalue weighted by molar-refractivity contribution is 6.30. The summed E-state index contributed by atoms with van der Waals surface area (Å²) >= 11 is 5.98. The van der Waals surface area contributed by atoms with Crippen LogP contribution in [-0.4, -0.2) is 11.9 Å². The number of hydrazine groups is 1. The quantitative estimate of drug-likeness (QED) is 0.794. The van der Waals surface area contributed by atoms with Crippen LogP contribution in [0, 0.1) is 11.6 Å². The zero-order valence-corrected chi connectivity index (χ0v) is 13.4. The summed E-state index contributed by atoms with van der Waals surface area (Å²) in [5.41, 5.74) is 7.20. The van der Waals surface area contributed by atoms with Crippen LogP contribution in [0.5, 0.6) is 0 Å². The molecule has 0 aliphatic carbocycles. The maximum absolute atomic E-state index is 13.6. The summed E-state index contributed by atoms with van der Waals surface area (Å²) in [4.78, 5) is 12.2. The molecule has 3 N–H and O–H groups in total. The lowest BCUT2D eigenvalue weighted by Crippen LogP contribution is -2.42. The molecule has 2 unspecified atom stereocenters. The second kappa shape index (κ2) is 7.25. The van der Waals surface area contributed by atoms with Crippen molar-refractivity contribution in [1.82, 2.24) is 16.2 Å². The molecule has 0 aromatic heterocycles. The fourth-order valence-electron chi connectivity index (χ4n) is 2.64. The Labute approximate surface area is 143 Å². The van der Waals surface area contributed by atoms with E-state index in [1.807, 2.05) is 18.2 Å². The van der Waals surface area contributed by atoms with Gasteiger partial charge in [-0.15, -0.1) is 0 Å². The molecule has 24 heavy (non-hydrogen) atoms. The van der Waals surface area contributed by atoms with Gasteiger partial charge in [0.25, 0.3) is 0 Å². The van der Waals surface area contributed by atoms with E-state index in [9.17, 15) is 13.6 Å². The predicted molar refractivity (Wildman–Crippen MR) is 87.1 cm³/mol. The zero-order valence-electron chi connectivity index (χ0n) is 12.7. The van der Waals surface area contributed by atoms with Crippen LogP contribution in [0.2, 0.25) is 5.02 Å². The second-order valence-electron chi connectivity index (χ2n) is 5.64. The fourth-order valence-corrected chi connectivity index (χ4v) is 2.84. The fraction of sp³-hybridized carbons (Fsp3) is 0.235. The van der Waals surface area contributed by atoms with Crippen LogP contribution in [0.15, 0.2) is 42.5 Å². The third kappa shape index (κ3) is 3.90. The van der Waals surface area contributed by atoms with E-state index in [0.717, 1.165) is 17.7 Å². The van der Waals surface area contributed by atoms with Gasteiger partial charge in [0.2, 0.25) is 5.91 Å². The Morgan fingerprint density at radius 1 is 1.21 bits per heavy atom. The van der Waals surface area contributed by atoms with Crippen molar-refractivity contribution in [3.05, 3.63) is 70.2 Å². The summed E-state index contributed by atoms with van der Waals surface area (Å²) in [5.74, 6) is -1.58. The SMILES string of the molecule is O=C(NCc1ccc(F)cc1F)C1CC(c2cccc(Cl)c2)NN1. The standard InChI is InChI=1S/C17H16ClF2N3O/c18-12-3-1-2-10(6-12)15-8-16(23-22-15)17(24)21-9-11-4-5-13(19)7-14(11)20/h1-7,15-16,22-23H,8-9H2,(H,21,24). The molecular formula is C17H16ClF2N3O. The largest absolute Gasteiger partial charge is 0.351 e. The molecule has 0 saturated carbocycles. The Kier molecular flexibility index (Phi) is 5.08. The Balaban J connectivity index is 1.56. The van der Waals surface area contributed by atoms with Crippen LogP contribution in [0.3, 0.4) is 0 Å². The first-order chi connectivity index (χ1) is 11.5. The van der Waals surface area contributed by atoms with Crippen molar-refractivity contribution in [1.29, 1.82) is 0 Å².